The fourth-order valence-corrected chi connectivity index (χ4v) is 3.92. The molecule has 5 heteroatoms. The van der Waals surface area contributed by atoms with E-state index in [2.05, 4.69) is 21.2 Å². The average molecular weight is 399 g/mol. The highest BCUT2D eigenvalue weighted by molar-refractivity contribution is 9.10. The lowest BCUT2D eigenvalue weighted by molar-refractivity contribution is 0.0904. The smallest absolute Gasteiger partial charge is 0.252 e. The number of amides is 1. The maximum absolute atomic E-state index is 12.4. The average Bonchev–Trinajstić information content (AvgIpc) is 2.47. The second-order valence-electron chi connectivity index (χ2n) is 5.38. The normalized spacial score (nSPS) is 20.3. The summed E-state index contributed by atoms with van der Waals surface area (Å²) in [5.41, 5.74) is 1.58. The van der Waals surface area contributed by atoms with Gasteiger partial charge in [-0.3, -0.25) is 4.79 Å². The van der Waals surface area contributed by atoms with E-state index in [1.165, 1.54) is 0 Å². The van der Waals surface area contributed by atoms with E-state index < -0.39 is 0 Å². The molecule has 0 aromatic heterocycles. The third-order valence-electron chi connectivity index (χ3n) is 4.08. The molecular formula is C17H14BrCl2NO. The second kappa shape index (κ2) is 6.61. The van der Waals surface area contributed by atoms with Crippen molar-refractivity contribution in [2.24, 2.45) is 0 Å². The Balaban J connectivity index is 1.77. The van der Waals surface area contributed by atoms with E-state index in [-0.39, 0.29) is 17.9 Å². The number of halogens is 3. The van der Waals surface area contributed by atoms with Crippen LogP contribution in [0.3, 0.4) is 0 Å². The van der Waals surface area contributed by atoms with Crippen LogP contribution in [0.15, 0.2) is 46.9 Å². The van der Waals surface area contributed by atoms with Gasteiger partial charge in [-0.2, -0.15) is 0 Å². The number of hydrogen-bond donors (Lipinski definition) is 1. The molecule has 2 aromatic carbocycles. The Morgan fingerprint density at radius 2 is 1.73 bits per heavy atom. The van der Waals surface area contributed by atoms with Crippen LogP contribution in [0.1, 0.15) is 34.7 Å². The van der Waals surface area contributed by atoms with Crippen molar-refractivity contribution in [2.75, 3.05) is 0 Å². The Kier molecular flexibility index (Phi) is 4.76. The number of nitrogens with one attached hydrogen (secondary N) is 1. The van der Waals surface area contributed by atoms with Crippen LogP contribution < -0.4 is 5.32 Å². The van der Waals surface area contributed by atoms with Gasteiger partial charge in [-0.05, 0) is 58.6 Å². The summed E-state index contributed by atoms with van der Waals surface area (Å²) < 4.78 is 0.791. The molecule has 1 aliphatic rings. The lowest BCUT2D eigenvalue weighted by Crippen LogP contribution is -2.45. The highest BCUT2D eigenvalue weighted by Gasteiger charge is 2.36. The third kappa shape index (κ3) is 3.03. The summed E-state index contributed by atoms with van der Waals surface area (Å²) in [5, 5.41) is 4.42. The molecule has 1 N–H and O–H groups in total. The third-order valence-corrected chi connectivity index (χ3v) is 5.43. The van der Waals surface area contributed by atoms with E-state index in [0.717, 1.165) is 22.9 Å². The van der Waals surface area contributed by atoms with E-state index in [1.54, 1.807) is 6.07 Å². The van der Waals surface area contributed by atoms with Gasteiger partial charge in [0.1, 0.15) is 0 Å². The maximum atomic E-state index is 12.4. The molecule has 2 aromatic rings. The molecule has 2 unspecified atom stereocenters. The van der Waals surface area contributed by atoms with E-state index in [9.17, 15) is 4.79 Å². The number of hydrogen-bond acceptors (Lipinski definition) is 1. The quantitative estimate of drug-likeness (QED) is 0.733. The van der Waals surface area contributed by atoms with Gasteiger partial charge >= 0.3 is 0 Å². The van der Waals surface area contributed by atoms with Crippen LogP contribution >= 0.6 is 39.1 Å². The Bertz CT molecular complexity index is 699. The van der Waals surface area contributed by atoms with E-state index in [4.69, 9.17) is 23.2 Å². The zero-order valence-corrected chi connectivity index (χ0v) is 14.8. The molecule has 22 heavy (non-hydrogen) atoms. The van der Waals surface area contributed by atoms with Crippen molar-refractivity contribution in [2.45, 2.75) is 24.8 Å². The van der Waals surface area contributed by atoms with Crippen molar-refractivity contribution in [3.8, 4) is 0 Å². The highest BCUT2D eigenvalue weighted by atomic mass is 79.9. The summed E-state index contributed by atoms with van der Waals surface area (Å²) >= 11 is 16.0. The first-order chi connectivity index (χ1) is 10.6. The predicted molar refractivity (Wildman–Crippen MR) is 93.8 cm³/mol. The van der Waals surface area contributed by atoms with E-state index >= 15 is 0 Å². The van der Waals surface area contributed by atoms with Crippen molar-refractivity contribution in [3.05, 3.63) is 68.1 Å². The summed E-state index contributed by atoms with van der Waals surface area (Å²) in [7, 11) is 0. The first-order valence-electron chi connectivity index (χ1n) is 7.07. The summed E-state index contributed by atoms with van der Waals surface area (Å²) in [6, 6.07) is 13.0. The number of rotatable bonds is 3. The van der Waals surface area contributed by atoms with Crippen LogP contribution in [-0.2, 0) is 0 Å². The van der Waals surface area contributed by atoms with Gasteiger partial charge in [0.25, 0.3) is 5.91 Å². The topological polar surface area (TPSA) is 29.1 Å². The van der Waals surface area contributed by atoms with Crippen LogP contribution in [0.4, 0.5) is 0 Å². The van der Waals surface area contributed by atoms with Crippen molar-refractivity contribution in [1.82, 2.24) is 5.32 Å². The Morgan fingerprint density at radius 3 is 2.32 bits per heavy atom. The number of carbonyl (C=O) groups excluding carboxylic acids is 1. The minimum Gasteiger partial charge on any atom is -0.349 e. The van der Waals surface area contributed by atoms with Gasteiger partial charge in [-0.1, -0.05) is 41.4 Å². The molecule has 114 valence electrons. The summed E-state index contributed by atoms with van der Waals surface area (Å²) in [4.78, 5) is 12.4. The molecule has 0 bridgehead atoms. The van der Waals surface area contributed by atoms with E-state index in [0.29, 0.717) is 15.6 Å². The largest absolute Gasteiger partial charge is 0.349 e. The Morgan fingerprint density at radius 1 is 1.05 bits per heavy atom. The summed E-state index contributed by atoms with van der Waals surface area (Å²) in [6.45, 7) is 0. The summed E-state index contributed by atoms with van der Waals surface area (Å²) in [6.07, 6.45) is 1.91. The lowest BCUT2D eigenvalue weighted by Gasteiger charge is -2.38. The van der Waals surface area contributed by atoms with Gasteiger partial charge in [-0.15, -0.1) is 0 Å². The summed E-state index contributed by atoms with van der Waals surface area (Å²) in [5.74, 6) is 0.0954. The van der Waals surface area contributed by atoms with Gasteiger partial charge in [0.2, 0.25) is 0 Å². The maximum Gasteiger partial charge on any atom is 0.252 e. The van der Waals surface area contributed by atoms with Crippen molar-refractivity contribution >= 4 is 45.0 Å². The standard InChI is InChI=1S/C17H14BrCl2NO/c18-12-5-2-1-4-10(12)17(22)21-15-9-8-11(15)16-13(19)6-3-7-14(16)20/h1-7,11,15H,8-9H2,(H,21,22). The highest BCUT2D eigenvalue weighted by Crippen LogP contribution is 2.43. The minimum atomic E-state index is -0.0784. The molecule has 0 saturated heterocycles. The van der Waals surface area contributed by atoms with Crippen LogP contribution in [0.25, 0.3) is 0 Å². The van der Waals surface area contributed by atoms with Crippen LogP contribution in [0, 0.1) is 0 Å². The van der Waals surface area contributed by atoms with Gasteiger partial charge in [-0.25, -0.2) is 0 Å². The molecule has 1 amide bonds. The van der Waals surface area contributed by atoms with Crippen LogP contribution in [-0.4, -0.2) is 11.9 Å². The predicted octanol–water partition coefficient (Wildman–Crippen LogP) is 5.43. The first kappa shape index (κ1) is 15.9. The first-order valence-corrected chi connectivity index (χ1v) is 8.62. The fraction of sp³-hybridized carbons (Fsp3) is 0.235. The van der Waals surface area contributed by atoms with Crippen molar-refractivity contribution in [1.29, 1.82) is 0 Å². The molecule has 2 atom stereocenters. The Hall–Kier alpha value is -1.03. The molecule has 0 radical (unpaired) electrons. The molecule has 2 nitrogen and oxygen atoms in total. The number of benzene rings is 2. The van der Waals surface area contributed by atoms with Gasteiger partial charge in [0.05, 0.1) is 5.56 Å². The molecule has 1 aliphatic carbocycles. The molecule has 0 heterocycles. The molecular weight excluding hydrogens is 385 g/mol. The van der Waals surface area contributed by atoms with Gasteiger partial charge < -0.3 is 5.32 Å². The second-order valence-corrected chi connectivity index (χ2v) is 7.05. The molecule has 0 aliphatic heterocycles. The molecule has 1 fully saturated rings. The van der Waals surface area contributed by atoms with Crippen LogP contribution in [0.5, 0.6) is 0 Å². The van der Waals surface area contributed by atoms with Crippen molar-refractivity contribution < 1.29 is 4.79 Å². The van der Waals surface area contributed by atoms with E-state index in [1.807, 2.05) is 36.4 Å². The molecule has 0 spiro atoms. The Labute approximate surface area is 147 Å². The van der Waals surface area contributed by atoms with Crippen LogP contribution in [0.2, 0.25) is 10.0 Å². The van der Waals surface area contributed by atoms with Gasteiger partial charge in [0.15, 0.2) is 0 Å². The molecule has 3 rings (SSSR count). The monoisotopic (exact) mass is 397 g/mol. The lowest BCUT2D eigenvalue weighted by atomic mass is 9.75. The minimum absolute atomic E-state index is 0.0667. The van der Waals surface area contributed by atoms with Gasteiger partial charge in [0, 0.05) is 26.5 Å². The fourth-order valence-electron chi connectivity index (χ4n) is 2.77. The number of carbonyl (C=O) groups is 1. The zero-order chi connectivity index (χ0) is 15.7. The SMILES string of the molecule is O=C(NC1CCC1c1c(Cl)cccc1Cl)c1ccccc1Br. The zero-order valence-electron chi connectivity index (χ0n) is 11.7. The molecule has 1 saturated carbocycles. The van der Waals surface area contributed by atoms with Crippen molar-refractivity contribution in [3.63, 3.8) is 0 Å².